The SMILES string of the molecule is CCCn1ncc(Cl)c1C(N)C(CC)(CC)N(C)C. The normalized spacial score (nSPS) is 14.1. The van der Waals surface area contributed by atoms with Gasteiger partial charge in [0.1, 0.15) is 0 Å². The summed E-state index contributed by atoms with van der Waals surface area (Å²) in [7, 11) is 4.17. The molecule has 0 saturated heterocycles. The van der Waals surface area contributed by atoms with Crippen molar-refractivity contribution in [2.75, 3.05) is 14.1 Å². The van der Waals surface area contributed by atoms with E-state index < -0.39 is 0 Å². The summed E-state index contributed by atoms with van der Waals surface area (Å²) in [6.45, 7) is 7.34. The van der Waals surface area contributed by atoms with Crippen molar-refractivity contribution in [2.45, 2.75) is 58.2 Å². The minimum Gasteiger partial charge on any atom is -0.321 e. The maximum absolute atomic E-state index is 6.59. The summed E-state index contributed by atoms with van der Waals surface area (Å²) in [4.78, 5) is 2.22. The van der Waals surface area contributed by atoms with Crippen LogP contribution in [0.4, 0.5) is 0 Å². The molecule has 1 aromatic heterocycles. The number of rotatable bonds is 7. The van der Waals surface area contributed by atoms with Crippen molar-refractivity contribution in [1.29, 1.82) is 0 Å². The molecule has 0 aliphatic rings. The third kappa shape index (κ3) is 2.96. The molecule has 1 aromatic rings. The highest BCUT2D eigenvalue weighted by Crippen LogP contribution is 2.36. The molecule has 0 aromatic carbocycles. The molecular formula is C14H27ClN4. The molecule has 110 valence electrons. The molecule has 0 bridgehead atoms. The molecule has 0 amide bonds. The van der Waals surface area contributed by atoms with Crippen LogP contribution in [0.2, 0.25) is 5.02 Å². The lowest BCUT2D eigenvalue weighted by Gasteiger charge is -2.43. The number of hydrogen-bond acceptors (Lipinski definition) is 3. The number of nitrogens with two attached hydrogens (primary N) is 1. The van der Waals surface area contributed by atoms with Gasteiger partial charge in [-0.15, -0.1) is 0 Å². The largest absolute Gasteiger partial charge is 0.321 e. The summed E-state index contributed by atoms with van der Waals surface area (Å²) in [6.07, 6.45) is 4.68. The third-order valence-electron chi connectivity index (χ3n) is 4.26. The van der Waals surface area contributed by atoms with Crippen LogP contribution in [0.15, 0.2) is 6.20 Å². The van der Waals surface area contributed by atoms with E-state index in [4.69, 9.17) is 17.3 Å². The number of aromatic nitrogens is 2. The molecule has 1 atom stereocenters. The first kappa shape index (κ1) is 16.5. The predicted molar refractivity (Wildman–Crippen MR) is 81.5 cm³/mol. The summed E-state index contributed by atoms with van der Waals surface area (Å²) >= 11 is 6.32. The van der Waals surface area contributed by atoms with Gasteiger partial charge in [-0.25, -0.2) is 0 Å². The molecule has 0 fully saturated rings. The van der Waals surface area contributed by atoms with E-state index in [1.165, 1.54) is 0 Å². The van der Waals surface area contributed by atoms with Crippen LogP contribution in [0.3, 0.4) is 0 Å². The van der Waals surface area contributed by atoms with Gasteiger partial charge in [-0.2, -0.15) is 5.10 Å². The van der Waals surface area contributed by atoms with Gasteiger partial charge in [-0.05, 0) is 33.4 Å². The minimum absolute atomic E-state index is 0.0881. The van der Waals surface area contributed by atoms with Crippen LogP contribution in [-0.4, -0.2) is 34.3 Å². The van der Waals surface area contributed by atoms with Crippen LogP contribution < -0.4 is 5.73 Å². The van der Waals surface area contributed by atoms with Crippen molar-refractivity contribution >= 4 is 11.6 Å². The first-order chi connectivity index (χ1) is 8.94. The molecule has 0 spiro atoms. The molecule has 0 aliphatic heterocycles. The van der Waals surface area contributed by atoms with Gasteiger partial charge in [0.15, 0.2) is 0 Å². The Morgan fingerprint density at radius 2 is 1.95 bits per heavy atom. The van der Waals surface area contributed by atoms with Crippen LogP contribution >= 0.6 is 11.6 Å². The highest BCUT2D eigenvalue weighted by molar-refractivity contribution is 6.31. The second-order valence-electron chi connectivity index (χ2n) is 5.28. The Hall–Kier alpha value is -0.580. The van der Waals surface area contributed by atoms with Crippen molar-refractivity contribution in [3.05, 3.63) is 16.9 Å². The first-order valence-electron chi connectivity index (χ1n) is 7.08. The molecule has 2 N–H and O–H groups in total. The summed E-state index contributed by atoms with van der Waals surface area (Å²) in [5.41, 5.74) is 7.46. The smallest absolute Gasteiger partial charge is 0.0834 e. The Morgan fingerprint density at radius 1 is 1.37 bits per heavy atom. The fourth-order valence-corrected chi connectivity index (χ4v) is 3.18. The Balaban J connectivity index is 3.23. The van der Waals surface area contributed by atoms with Gasteiger partial charge in [0, 0.05) is 12.1 Å². The van der Waals surface area contributed by atoms with Gasteiger partial charge in [-0.1, -0.05) is 32.4 Å². The molecule has 1 heterocycles. The minimum atomic E-state index is -0.140. The van der Waals surface area contributed by atoms with E-state index in [0.29, 0.717) is 5.02 Å². The third-order valence-corrected chi connectivity index (χ3v) is 4.55. The molecule has 0 radical (unpaired) electrons. The fraction of sp³-hybridized carbons (Fsp3) is 0.786. The first-order valence-corrected chi connectivity index (χ1v) is 7.46. The zero-order valence-corrected chi connectivity index (χ0v) is 13.5. The van der Waals surface area contributed by atoms with Gasteiger partial charge < -0.3 is 10.6 Å². The second-order valence-corrected chi connectivity index (χ2v) is 5.69. The van der Waals surface area contributed by atoms with Crippen molar-refractivity contribution in [2.24, 2.45) is 5.73 Å². The second kappa shape index (κ2) is 6.73. The van der Waals surface area contributed by atoms with E-state index in [9.17, 15) is 0 Å². The highest BCUT2D eigenvalue weighted by atomic mass is 35.5. The maximum Gasteiger partial charge on any atom is 0.0834 e. The number of aryl methyl sites for hydroxylation is 1. The quantitative estimate of drug-likeness (QED) is 0.838. The molecule has 0 aliphatic carbocycles. The summed E-state index contributed by atoms with van der Waals surface area (Å²) in [5, 5.41) is 5.03. The van der Waals surface area contributed by atoms with Gasteiger partial charge in [0.25, 0.3) is 0 Å². The van der Waals surface area contributed by atoms with Crippen LogP contribution in [0.1, 0.15) is 51.8 Å². The Kier molecular flexibility index (Phi) is 5.83. The Morgan fingerprint density at radius 3 is 2.37 bits per heavy atom. The standard InChI is InChI=1S/C14H27ClN4/c1-6-9-19-12(11(15)10-17-19)13(16)14(7-2,8-3)18(4)5/h10,13H,6-9,16H2,1-5H3. The van der Waals surface area contributed by atoms with Gasteiger partial charge >= 0.3 is 0 Å². The zero-order chi connectivity index (χ0) is 14.6. The van der Waals surface area contributed by atoms with E-state index in [1.807, 2.05) is 4.68 Å². The lowest BCUT2D eigenvalue weighted by Crippen LogP contribution is -2.52. The van der Waals surface area contributed by atoms with Gasteiger partial charge in [0.05, 0.1) is 23.0 Å². The molecular weight excluding hydrogens is 260 g/mol. The maximum atomic E-state index is 6.59. The summed E-state index contributed by atoms with van der Waals surface area (Å²) in [5.74, 6) is 0. The number of halogens is 1. The van der Waals surface area contributed by atoms with Gasteiger partial charge in [-0.3, -0.25) is 4.68 Å². The topological polar surface area (TPSA) is 47.1 Å². The summed E-state index contributed by atoms with van der Waals surface area (Å²) < 4.78 is 1.95. The number of likely N-dealkylation sites (N-methyl/N-ethyl adjacent to an activating group) is 1. The Labute approximate surface area is 121 Å². The van der Waals surface area contributed by atoms with Crippen molar-refractivity contribution < 1.29 is 0 Å². The van der Waals surface area contributed by atoms with Crippen molar-refractivity contribution in [3.8, 4) is 0 Å². The molecule has 19 heavy (non-hydrogen) atoms. The van der Waals surface area contributed by atoms with Crippen LogP contribution in [-0.2, 0) is 6.54 Å². The molecule has 1 unspecified atom stereocenters. The van der Waals surface area contributed by atoms with E-state index in [0.717, 1.165) is 31.5 Å². The van der Waals surface area contributed by atoms with Gasteiger partial charge in [0.2, 0.25) is 0 Å². The van der Waals surface area contributed by atoms with Crippen LogP contribution in [0.25, 0.3) is 0 Å². The molecule has 5 heteroatoms. The molecule has 1 rings (SSSR count). The van der Waals surface area contributed by atoms with E-state index in [2.05, 4.69) is 44.9 Å². The van der Waals surface area contributed by atoms with Crippen LogP contribution in [0, 0.1) is 0 Å². The number of hydrogen-bond donors (Lipinski definition) is 1. The molecule has 4 nitrogen and oxygen atoms in total. The lowest BCUT2D eigenvalue weighted by atomic mass is 9.82. The zero-order valence-electron chi connectivity index (χ0n) is 12.8. The van der Waals surface area contributed by atoms with Crippen molar-refractivity contribution in [3.63, 3.8) is 0 Å². The highest BCUT2D eigenvalue weighted by Gasteiger charge is 2.39. The molecule has 0 saturated carbocycles. The Bertz CT molecular complexity index is 396. The van der Waals surface area contributed by atoms with Crippen molar-refractivity contribution in [1.82, 2.24) is 14.7 Å². The fourth-order valence-electron chi connectivity index (χ4n) is 2.93. The average Bonchev–Trinajstić information content (AvgIpc) is 2.72. The van der Waals surface area contributed by atoms with E-state index >= 15 is 0 Å². The summed E-state index contributed by atoms with van der Waals surface area (Å²) in [6, 6.07) is -0.140. The van der Waals surface area contributed by atoms with E-state index in [1.54, 1.807) is 6.20 Å². The van der Waals surface area contributed by atoms with Crippen LogP contribution in [0.5, 0.6) is 0 Å². The van der Waals surface area contributed by atoms with E-state index in [-0.39, 0.29) is 11.6 Å². The lowest BCUT2D eigenvalue weighted by molar-refractivity contribution is 0.102. The average molecular weight is 287 g/mol. The predicted octanol–water partition coefficient (Wildman–Crippen LogP) is 3.07. The number of nitrogens with zero attached hydrogens (tertiary/aromatic N) is 3. The monoisotopic (exact) mass is 286 g/mol.